The Morgan fingerprint density at radius 2 is 1.13 bits per heavy atom. The lowest BCUT2D eigenvalue weighted by Gasteiger charge is -2.11. The first-order chi connectivity index (χ1) is 11.3. The maximum absolute atomic E-state index is 2.44. The van der Waals surface area contributed by atoms with Gasteiger partial charge < -0.3 is 0 Å². The van der Waals surface area contributed by atoms with Gasteiger partial charge in [0.1, 0.15) is 0 Å². The molecular weight excluding hydrogens is 276 g/mol. The number of hydrogen-bond donors (Lipinski definition) is 0. The molecule has 0 nitrogen and oxygen atoms in total. The quantitative estimate of drug-likeness (QED) is 0.489. The third-order valence-electron chi connectivity index (χ3n) is 4.90. The van der Waals surface area contributed by atoms with E-state index in [1.807, 2.05) is 13.8 Å². The van der Waals surface area contributed by atoms with Crippen LogP contribution >= 0.6 is 0 Å². The molecule has 23 heavy (non-hydrogen) atoms. The second-order valence-electron chi connectivity index (χ2n) is 6.16. The van der Waals surface area contributed by atoms with Crippen molar-refractivity contribution in [2.45, 2.75) is 47.0 Å². The largest absolute Gasteiger partial charge is 0.0764 e. The Morgan fingerprint density at radius 1 is 0.696 bits per heavy atom. The van der Waals surface area contributed by atoms with Crippen molar-refractivity contribution in [3.8, 4) is 0 Å². The highest BCUT2D eigenvalue weighted by Gasteiger charge is 2.08. The van der Waals surface area contributed by atoms with Crippen molar-refractivity contribution in [1.82, 2.24) is 0 Å². The van der Waals surface area contributed by atoms with Crippen molar-refractivity contribution >= 4 is 33.7 Å². The summed E-state index contributed by atoms with van der Waals surface area (Å²) in [5.74, 6) is 0. The van der Waals surface area contributed by atoms with Gasteiger partial charge in [0.15, 0.2) is 0 Å². The van der Waals surface area contributed by atoms with Gasteiger partial charge in [-0.1, -0.05) is 50.3 Å². The minimum atomic E-state index is 1.20. The van der Waals surface area contributed by atoms with Crippen LogP contribution in [0.25, 0.3) is 33.7 Å². The Bertz CT molecular complexity index is 894. The van der Waals surface area contributed by atoms with Gasteiger partial charge in [-0.3, -0.25) is 0 Å². The van der Waals surface area contributed by atoms with E-state index in [4.69, 9.17) is 0 Å². The van der Waals surface area contributed by atoms with E-state index in [0.29, 0.717) is 0 Å². The molecule has 0 saturated carbocycles. The molecule has 1 aliphatic carbocycles. The molecular formula is C23H26. The van der Waals surface area contributed by atoms with Crippen LogP contribution in [-0.2, 0) is 0 Å². The highest BCUT2D eigenvalue weighted by atomic mass is 14.1. The first kappa shape index (κ1) is 15.8. The Hall–Kier alpha value is -2.08. The van der Waals surface area contributed by atoms with Gasteiger partial charge >= 0.3 is 0 Å². The second kappa shape index (κ2) is 6.58. The molecule has 0 N–H and O–H groups in total. The summed E-state index contributed by atoms with van der Waals surface area (Å²) in [5, 5.41) is 8.43. The molecule has 4 rings (SSSR count). The van der Waals surface area contributed by atoms with E-state index >= 15 is 0 Å². The molecule has 0 heterocycles. The van der Waals surface area contributed by atoms with E-state index < -0.39 is 0 Å². The molecule has 0 amide bonds. The SMILES string of the molecule is CC.Cc1c2c(c(C)c3cc4ccccc4cc13)=CCCCC=2. The fourth-order valence-corrected chi connectivity index (χ4v) is 3.69. The fourth-order valence-electron chi connectivity index (χ4n) is 3.69. The number of fused-ring (bicyclic) bond motifs is 3. The van der Waals surface area contributed by atoms with Crippen molar-refractivity contribution in [3.05, 3.63) is 58.0 Å². The lowest BCUT2D eigenvalue weighted by Crippen LogP contribution is -2.30. The standard InChI is InChI=1S/C21H20.C2H6/c1-14-18-10-4-3-5-11-19(18)15(2)21-13-17-9-7-6-8-16(17)12-20(14)21;1-2/h6-13H,3-5H2,1-2H3;1-2H3. The third kappa shape index (κ3) is 2.67. The van der Waals surface area contributed by atoms with Gasteiger partial charge in [-0.2, -0.15) is 0 Å². The van der Waals surface area contributed by atoms with Crippen LogP contribution in [-0.4, -0.2) is 0 Å². The van der Waals surface area contributed by atoms with E-state index in [1.165, 1.54) is 62.4 Å². The van der Waals surface area contributed by atoms with E-state index in [1.54, 1.807) is 0 Å². The molecule has 0 radical (unpaired) electrons. The molecule has 0 unspecified atom stereocenters. The first-order valence-corrected chi connectivity index (χ1v) is 8.88. The van der Waals surface area contributed by atoms with Crippen molar-refractivity contribution in [2.75, 3.05) is 0 Å². The van der Waals surface area contributed by atoms with Crippen LogP contribution in [0.15, 0.2) is 36.4 Å². The van der Waals surface area contributed by atoms with Crippen LogP contribution in [0.4, 0.5) is 0 Å². The van der Waals surface area contributed by atoms with Crippen LogP contribution < -0.4 is 10.4 Å². The van der Waals surface area contributed by atoms with Gasteiger partial charge in [-0.05, 0) is 88.4 Å². The second-order valence-corrected chi connectivity index (χ2v) is 6.16. The van der Waals surface area contributed by atoms with Gasteiger partial charge in [0.25, 0.3) is 0 Å². The van der Waals surface area contributed by atoms with Gasteiger partial charge in [0.05, 0.1) is 0 Å². The zero-order valence-corrected chi connectivity index (χ0v) is 14.7. The average Bonchev–Trinajstić information content (AvgIpc) is 2.86. The maximum atomic E-state index is 2.44. The summed E-state index contributed by atoms with van der Waals surface area (Å²) in [6.07, 6.45) is 8.54. The summed E-state index contributed by atoms with van der Waals surface area (Å²) in [6, 6.07) is 13.4. The molecule has 0 heteroatoms. The molecule has 0 bridgehead atoms. The first-order valence-electron chi connectivity index (χ1n) is 8.88. The monoisotopic (exact) mass is 302 g/mol. The number of rotatable bonds is 0. The summed E-state index contributed by atoms with van der Waals surface area (Å²) in [4.78, 5) is 0. The minimum Gasteiger partial charge on any atom is -0.0764 e. The summed E-state index contributed by atoms with van der Waals surface area (Å²) in [6.45, 7) is 8.57. The van der Waals surface area contributed by atoms with Crippen LogP contribution in [0.3, 0.4) is 0 Å². The van der Waals surface area contributed by atoms with Crippen LogP contribution in [0.2, 0.25) is 0 Å². The van der Waals surface area contributed by atoms with Crippen molar-refractivity contribution in [2.24, 2.45) is 0 Å². The predicted molar refractivity (Wildman–Crippen MR) is 104 cm³/mol. The van der Waals surface area contributed by atoms with Gasteiger partial charge in [-0.15, -0.1) is 0 Å². The van der Waals surface area contributed by atoms with E-state index in [9.17, 15) is 0 Å². The Balaban J connectivity index is 0.000000753. The van der Waals surface area contributed by atoms with Gasteiger partial charge in [-0.25, -0.2) is 0 Å². The Labute approximate surface area is 139 Å². The van der Waals surface area contributed by atoms with Crippen LogP contribution in [0, 0.1) is 13.8 Å². The van der Waals surface area contributed by atoms with E-state index in [0.717, 1.165) is 0 Å². The molecule has 0 spiro atoms. The number of aryl methyl sites for hydroxylation is 2. The molecule has 118 valence electrons. The van der Waals surface area contributed by atoms with Crippen LogP contribution in [0.5, 0.6) is 0 Å². The highest BCUT2D eigenvalue weighted by Crippen LogP contribution is 2.25. The topological polar surface area (TPSA) is 0 Å². The third-order valence-corrected chi connectivity index (χ3v) is 4.90. The summed E-state index contributed by atoms with van der Waals surface area (Å²) in [7, 11) is 0. The average molecular weight is 302 g/mol. The summed E-state index contributed by atoms with van der Waals surface area (Å²) < 4.78 is 0. The Morgan fingerprint density at radius 3 is 1.57 bits per heavy atom. The minimum absolute atomic E-state index is 1.20. The molecule has 0 aliphatic heterocycles. The maximum Gasteiger partial charge on any atom is -0.0139 e. The molecule has 0 atom stereocenters. The van der Waals surface area contributed by atoms with Crippen LogP contribution in [0.1, 0.15) is 44.2 Å². The summed E-state index contributed by atoms with van der Waals surface area (Å²) in [5.41, 5.74) is 2.88. The normalized spacial score (nSPS) is 13.4. The molecule has 0 aromatic heterocycles. The lowest BCUT2D eigenvalue weighted by atomic mass is 9.93. The van der Waals surface area contributed by atoms with Gasteiger partial charge in [0.2, 0.25) is 0 Å². The van der Waals surface area contributed by atoms with Crippen molar-refractivity contribution < 1.29 is 0 Å². The Kier molecular flexibility index (Phi) is 4.52. The van der Waals surface area contributed by atoms with Gasteiger partial charge in [0, 0.05) is 0 Å². The van der Waals surface area contributed by atoms with E-state index in [-0.39, 0.29) is 0 Å². The number of benzene rings is 3. The molecule has 0 fully saturated rings. The molecule has 3 aromatic rings. The fraction of sp³-hybridized carbons (Fsp3) is 0.304. The summed E-state index contributed by atoms with van der Waals surface area (Å²) >= 11 is 0. The van der Waals surface area contributed by atoms with Crippen molar-refractivity contribution in [3.63, 3.8) is 0 Å². The zero-order chi connectivity index (χ0) is 16.4. The predicted octanol–water partition coefficient (Wildman–Crippen LogP) is 5.38. The molecule has 3 aromatic carbocycles. The smallest absolute Gasteiger partial charge is 0.0139 e. The molecule has 1 aliphatic rings. The van der Waals surface area contributed by atoms with E-state index in [2.05, 4.69) is 62.4 Å². The lowest BCUT2D eigenvalue weighted by molar-refractivity contribution is 0.924. The highest BCUT2D eigenvalue weighted by molar-refractivity contribution is 6.01. The number of hydrogen-bond acceptors (Lipinski definition) is 0. The zero-order valence-electron chi connectivity index (χ0n) is 14.7. The van der Waals surface area contributed by atoms with Crippen molar-refractivity contribution in [1.29, 1.82) is 0 Å². The molecule has 0 saturated heterocycles.